The molecule has 7 heteroatoms. The fraction of sp³-hybridized carbons (Fsp3) is 0.391. The normalized spacial score (nSPS) is 16.3. The SMILES string of the molecule is COc1ccc(NC(=O)CC[C@@H]2CCCN(C(=O)c3ccc(F)cc3Cl)C2)c(C)c1. The zero-order chi connectivity index (χ0) is 21.7. The third kappa shape index (κ3) is 5.51. The smallest absolute Gasteiger partial charge is 0.255 e. The van der Waals surface area contributed by atoms with Crippen LogP contribution in [0.3, 0.4) is 0 Å². The van der Waals surface area contributed by atoms with Crippen molar-refractivity contribution in [2.45, 2.75) is 32.6 Å². The molecule has 3 rings (SSSR count). The van der Waals surface area contributed by atoms with Crippen LogP contribution in [0.4, 0.5) is 10.1 Å². The average Bonchev–Trinajstić information content (AvgIpc) is 2.73. The van der Waals surface area contributed by atoms with Crippen molar-refractivity contribution < 1.29 is 18.7 Å². The number of likely N-dealkylation sites (tertiary alicyclic amines) is 1. The fourth-order valence-corrected chi connectivity index (χ4v) is 4.02. The van der Waals surface area contributed by atoms with Crippen LogP contribution in [-0.2, 0) is 4.79 Å². The molecule has 0 spiro atoms. The number of methoxy groups -OCH3 is 1. The molecular weight excluding hydrogens is 407 g/mol. The van der Waals surface area contributed by atoms with E-state index < -0.39 is 5.82 Å². The first kappa shape index (κ1) is 22.1. The van der Waals surface area contributed by atoms with E-state index in [2.05, 4.69) is 5.32 Å². The minimum atomic E-state index is -0.467. The molecule has 0 bridgehead atoms. The van der Waals surface area contributed by atoms with E-state index in [4.69, 9.17) is 16.3 Å². The Kier molecular flexibility index (Phi) is 7.32. The molecule has 2 amide bonds. The molecule has 1 atom stereocenters. The number of amides is 2. The van der Waals surface area contributed by atoms with E-state index in [9.17, 15) is 14.0 Å². The largest absolute Gasteiger partial charge is 0.497 e. The predicted molar refractivity (Wildman–Crippen MR) is 116 cm³/mol. The lowest BCUT2D eigenvalue weighted by Crippen LogP contribution is -2.40. The summed E-state index contributed by atoms with van der Waals surface area (Å²) in [5.74, 6) is 0.283. The number of nitrogens with one attached hydrogen (secondary N) is 1. The first-order valence-corrected chi connectivity index (χ1v) is 10.4. The Morgan fingerprint density at radius 3 is 2.77 bits per heavy atom. The molecule has 160 valence electrons. The van der Waals surface area contributed by atoms with Crippen LogP contribution < -0.4 is 10.1 Å². The highest BCUT2D eigenvalue weighted by Crippen LogP contribution is 2.26. The number of nitrogens with zero attached hydrogens (tertiary/aromatic N) is 1. The summed E-state index contributed by atoms with van der Waals surface area (Å²) in [7, 11) is 1.61. The van der Waals surface area contributed by atoms with Gasteiger partial charge in [0, 0.05) is 25.2 Å². The van der Waals surface area contributed by atoms with E-state index in [-0.39, 0.29) is 22.8 Å². The highest BCUT2D eigenvalue weighted by Gasteiger charge is 2.26. The van der Waals surface area contributed by atoms with Crippen molar-refractivity contribution in [3.63, 3.8) is 0 Å². The summed E-state index contributed by atoms with van der Waals surface area (Å²) in [5.41, 5.74) is 2.02. The van der Waals surface area contributed by atoms with Gasteiger partial charge in [0.05, 0.1) is 17.7 Å². The van der Waals surface area contributed by atoms with Gasteiger partial charge in [-0.3, -0.25) is 9.59 Å². The summed E-state index contributed by atoms with van der Waals surface area (Å²) < 4.78 is 18.4. The monoisotopic (exact) mass is 432 g/mol. The van der Waals surface area contributed by atoms with E-state index in [1.165, 1.54) is 12.1 Å². The lowest BCUT2D eigenvalue weighted by Gasteiger charge is -2.33. The van der Waals surface area contributed by atoms with Crippen LogP contribution in [0.1, 0.15) is 41.6 Å². The number of piperidine rings is 1. The number of aryl methyl sites for hydroxylation is 1. The number of hydrogen-bond acceptors (Lipinski definition) is 3. The Morgan fingerprint density at radius 2 is 2.07 bits per heavy atom. The molecule has 0 unspecified atom stereocenters. The molecule has 30 heavy (non-hydrogen) atoms. The van der Waals surface area contributed by atoms with E-state index in [0.29, 0.717) is 31.5 Å². The van der Waals surface area contributed by atoms with E-state index in [1.54, 1.807) is 12.0 Å². The number of carbonyl (C=O) groups is 2. The number of benzene rings is 2. The van der Waals surface area contributed by atoms with Crippen LogP contribution >= 0.6 is 11.6 Å². The molecule has 1 saturated heterocycles. The topological polar surface area (TPSA) is 58.6 Å². The first-order chi connectivity index (χ1) is 14.4. The molecule has 5 nitrogen and oxygen atoms in total. The van der Waals surface area contributed by atoms with Gasteiger partial charge in [-0.2, -0.15) is 0 Å². The van der Waals surface area contributed by atoms with E-state index >= 15 is 0 Å². The third-order valence-electron chi connectivity index (χ3n) is 5.46. The van der Waals surface area contributed by atoms with Gasteiger partial charge < -0.3 is 15.0 Å². The van der Waals surface area contributed by atoms with Crippen molar-refractivity contribution in [1.29, 1.82) is 0 Å². The minimum absolute atomic E-state index is 0.0479. The number of anilines is 1. The maximum atomic E-state index is 13.3. The Balaban J connectivity index is 1.53. The number of halogens is 2. The zero-order valence-corrected chi connectivity index (χ0v) is 18.0. The Labute approximate surface area is 181 Å². The summed E-state index contributed by atoms with van der Waals surface area (Å²) in [5, 5.41) is 3.07. The minimum Gasteiger partial charge on any atom is -0.497 e. The molecule has 0 aliphatic carbocycles. The molecule has 0 aromatic heterocycles. The number of hydrogen-bond donors (Lipinski definition) is 1. The standard InChI is InChI=1S/C23H26ClFN2O3/c1-15-12-18(30-2)7-9-21(15)26-22(28)10-5-16-4-3-11-27(14-16)23(29)19-8-6-17(25)13-20(19)24/h6-9,12-13,16H,3-5,10-11,14H2,1-2H3,(H,26,28)/t16-/m0/s1. The molecule has 1 fully saturated rings. The first-order valence-electron chi connectivity index (χ1n) is 10.1. The fourth-order valence-electron chi connectivity index (χ4n) is 3.77. The van der Waals surface area contributed by atoms with Crippen molar-refractivity contribution in [2.75, 3.05) is 25.5 Å². The number of ether oxygens (including phenoxy) is 1. The number of carbonyl (C=O) groups excluding carboxylic acids is 2. The second-order valence-electron chi connectivity index (χ2n) is 7.65. The average molecular weight is 433 g/mol. The summed E-state index contributed by atoms with van der Waals surface area (Å²) in [6.07, 6.45) is 2.92. The number of rotatable bonds is 6. The Morgan fingerprint density at radius 1 is 1.27 bits per heavy atom. The Bertz CT molecular complexity index is 935. The summed E-state index contributed by atoms with van der Waals surface area (Å²) in [6, 6.07) is 9.34. The summed E-state index contributed by atoms with van der Waals surface area (Å²) in [6.45, 7) is 3.13. The summed E-state index contributed by atoms with van der Waals surface area (Å²) >= 11 is 6.04. The molecule has 1 aliphatic heterocycles. The zero-order valence-electron chi connectivity index (χ0n) is 17.2. The molecule has 0 radical (unpaired) electrons. The third-order valence-corrected chi connectivity index (χ3v) is 5.77. The van der Waals surface area contributed by atoms with Crippen molar-refractivity contribution in [2.24, 2.45) is 5.92 Å². The van der Waals surface area contributed by atoms with Crippen LogP contribution in [0.5, 0.6) is 5.75 Å². The lowest BCUT2D eigenvalue weighted by molar-refractivity contribution is -0.116. The van der Waals surface area contributed by atoms with Gasteiger partial charge in [-0.25, -0.2) is 4.39 Å². The van der Waals surface area contributed by atoms with Crippen LogP contribution in [0.2, 0.25) is 5.02 Å². The molecular formula is C23H26ClFN2O3. The second kappa shape index (κ2) is 9.94. The van der Waals surface area contributed by atoms with Gasteiger partial charge in [0.15, 0.2) is 0 Å². The van der Waals surface area contributed by atoms with Crippen molar-refractivity contribution >= 4 is 29.1 Å². The van der Waals surface area contributed by atoms with Crippen LogP contribution in [-0.4, -0.2) is 36.9 Å². The van der Waals surface area contributed by atoms with Crippen molar-refractivity contribution in [1.82, 2.24) is 4.90 Å². The predicted octanol–water partition coefficient (Wildman–Crippen LogP) is 5.07. The van der Waals surface area contributed by atoms with Gasteiger partial charge in [0.1, 0.15) is 11.6 Å². The highest BCUT2D eigenvalue weighted by molar-refractivity contribution is 6.33. The van der Waals surface area contributed by atoms with Crippen molar-refractivity contribution in [3.05, 3.63) is 58.4 Å². The van der Waals surface area contributed by atoms with Gasteiger partial charge in [-0.05, 0) is 74.1 Å². The highest BCUT2D eigenvalue weighted by atomic mass is 35.5. The van der Waals surface area contributed by atoms with Gasteiger partial charge in [0.2, 0.25) is 5.91 Å². The van der Waals surface area contributed by atoms with Crippen LogP contribution in [0.15, 0.2) is 36.4 Å². The van der Waals surface area contributed by atoms with Crippen LogP contribution in [0.25, 0.3) is 0 Å². The molecule has 2 aromatic rings. The van der Waals surface area contributed by atoms with Gasteiger partial charge in [-0.1, -0.05) is 11.6 Å². The van der Waals surface area contributed by atoms with Gasteiger partial charge >= 0.3 is 0 Å². The van der Waals surface area contributed by atoms with Crippen molar-refractivity contribution in [3.8, 4) is 5.75 Å². The molecule has 1 N–H and O–H groups in total. The maximum absolute atomic E-state index is 13.3. The quantitative estimate of drug-likeness (QED) is 0.693. The maximum Gasteiger partial charge on any atom is 0.255 e. The summed E-state index contributed by atoms with van der Waals surface area (Å²) in [4.78, 5) is 26.9. The second-order valence-corrected chi connectivity index (χ2v) is 8.06. The van der Waals surface area contributed by atoms with Gasteiger partial charge in [0.25, 0.3) is 5.91 Å². The molecule has 2 aromatic carbocycles. The molecule has 1 aliphatic rings. The van der Waals surface area contributed by atoms with E-state index in [0.717, 1.165) is 35.9 Å². The van der Waals surface area contributed by atoms with Gasteiger partial charge in [-0.15, -0.1) is 0 Å². The molecule has 1 heterocycles. The van der Waals surface area contributed by atoms with Crippen LogP contribution in [0, 0.1) is 18.7 Å². The van der Waals surface area contributed by atoms with E-state index in [1.807, 2.05) is 25.1 Å². The lowest BCUT2D eigenvalue weighted by atomic mass is 9.92. The molecule has 0 saturated carbocycles. The Hall–Kier alpha value is -2.60.